The van der Waals surface area contributed by atoms with E-state index < -0.39 is 5.97 Å². The molecule has 1 aromatic rings. The fourth-order valence-corrected chi connectivity index (χ4v) is 3.26. The van der Waals surface area contributed by atoms with Gasteiger partial charge in [-0.1, -0.05) is 42.1 Å². The van der Waals surface area contributed by atoms with Gasteiger partial charge in [0.25, 0.3) is 5.24 Å². The van der Waals surface area contributed by atoms with Gasteiger partial charge in [0.1, 0.15) is 6.54 Å². The van der Waals surface area contributed by atoms with Crippen LogP contribution in [0.25, 0.3) is 0 Å². The number of carbonyl (C=O) groups excluding carboxylic acids is 2. The summed E-state index contributed by atoms with van der Waals surface area (Å²) in [6.07, 6.45) is 0.928. The summed E-state index contributed by atoms with van der Waals surface area (Å²) < 4.78 is 0. The van der Waals surface area contributed by atoms with Gasteiger partial charge in [-0.15, -0.1) is 0 Å². The molecule has 0 radical (unpaired) electrons. The fourth-order valence-electron chi connectivity index (χ4n) is 2.44. The zero-order valence-corrected chi connectivity index (χ0v) is 13.6. The second-order valence-corrected chi connectivity index (χ2v) is 6.47. The van der Waals surface area contributed by atoms with Crippen molar-refractivity contribution in [3.8, 4) is 0 Å². The first-order valence-corrected chi connectivity index (χ1v) is 8.50. The molecule has 1 aromatic carbocycles. The summed E-state index contributed by atoms with van der Waals surface area (Å²) in [4.78, 5) is 36.0. The number of hydrogen-bond acceptors (Lipinski definition) is 4. The van der Waals surface area contributed by atoms with Gasteiger partial charge in [0.05, 0.1) is 0 Å². The van der Waals surface area contributed by atoms with E-state index in [-0.39, 0.29) is 30.2 Å². The first-order valence-electron chi connectivity index (χ1n) is 7.51. The molecule has 1 heterocycles. The van der Waals surface area contributed by atoms with Crippen LogP contribution in [0, 0.1) is 0 Å². The van der Waals surface area contributed by atoms with Gasteiger partial charge in [-0.3, -0.25) is 14.4 Å². The highest BCUT2D eigenvalue weighted by Crippen LogP contribution is 2.16. The second-order valence-electron chi connectivity index (χ2n) is 5.42. The molecule has 0 saturated carbocycles. The Morgan fingerprint density at radius 1 is 1.30 bits per heavy atom. The molecule has 2 rings (SSSR count). The van der Waals surface area contributed by atoms with E-state index in [0.29, 0.717) is 25.1 Å². The maximum Gasteiger partial charge on any atom is 0.303 e. The number of hydrogen-bond donors (Lipinski definition) is 2. The van der Waals surface area contributed by atoms with E-state index in [4.69, 9.17) is 5.11 Å². The Morgan fingerprint density at radius 2 is 2.04 bits per heavy atom. The van der Waals surface area contributed by atoms with E-state index in [1.807, 2.05) is 30.3 Å². The highest BCUT2D eigenvalue weighted by atomic mass is 32.2. The van der Waals surface area contributed by atoms with Crippen molar-refractivity contribution in [3.05, 3.63) is 35.9 Å². The topological polar surface area (TPSA) is 86.7 Å². The molecular formula is C16H20N2O4S. The molecule has 0 bridgehead atoms. The Balaban J connectivity index is 1.91. The summed E-state index contributed by atoms with van der Waals surface area (Å²) in [5, 5.41) is 11.6. The van der Waals surface area contributed by atoms with Crippen LogP contribution < -0.4 is 5.32 Å². The molecule has 7 heteroatoms. The molecular weight excluding hydrogens is 316 g/mol. The Morgan fingerprint density at radius 3 is 2.65 bits per heavy atom. The van der Waals surface area contributed by atoms with E-state index >= 15 is 0 Å². The first kappa shape index (κ1) is 17.3. The quantitative estimate of drug-likeness (QED) is 0.755. The van der Waals surface area contributed by atoms with E-state index in [9.17, 15) is 14.4 Å². The number of carboxylic acid groups (broad SMARTS) is 1. The normalized spacial score (nSPS) is 15.5. The molecule has 6 nitrogen and oxygen atoms in total. The number of amides is 2. The van der Waals surface area contributed by atoms with Crippen LogP contribution in [0.1, 0.15) is 18.4 Å². The van der Waals surface area contributed by atoms with Crippen LogP contribution in [0.2, 0.25) is 0 Å². The number of nitrogens with zero attached hydrogens (tertiary/aromatic N) is 1. The van der Waals surface area contributed by atoms with Gasteiger partial charge in [-0.2, -0.15) is 0 Å². The van der Waals surface area contributed by atoms with E-state index in [1.54, 1.807) is 0 Å². The third-order valence-electron chi connectivity index (χ3n) is 3.58. The molecule has 2 N–H and O–H groups in total. The predicted molar refractivity (Wildman–Crippen MR) is 88.4 cm³/mol. The number of nitrogens with one attached hydrogen (secondary N) is 1. The Labute approximate surface area is 139 Å². The van der Waals surface area contributed by atoms with Gasteiger partial charge < -0.3 is 15.3 Å². The highest BCUT2D eigenvalue weighted by molar-refractivity contribution is 8.13. The van der Waals surface area contributed by atoms with Crippen molar-refractivity contribution in [2.75, 3.05) is 18.8 Å². The molecule has 1 aliphatic rings. The zero-order valence-electron chi connectivity index (χ0n) is 12.7. The van der Waals surface area contributed by atoms with Crippen LogP contribution in [-0.4, -0.2) is 52.0 Å². The molecule has 0 aliphatic carbocycles. The third-order valence-corrected chi connectivity index (χ3v) is 4.47. The molecule has 1 saturated heterocycles. The summed E-state index contributed by atoms with van der Waals surface area (Å²) >= 11 is 1.21. The van der Waals surface area contributed by atoms with Crippen molar-refractivity contribution in [1.29, 1.82) is 0 Å². The maximum absolute atomic E-state index is 12.1. The van der Waals surface area contributed by atoms with Gasteiger partial charge in [0.2, 0.25) is 5.91 Å². The molecule has 23 heavy (non-hydrogen) atoms. The van der Waals surface area contributed by atoms with Crippen LogP contribution >= 0.6 is 11.8 Å². The number of carboxylic acids is 1. The van der Waals surface area contributed by atoms with Gasteiger partial charge in [0, 0.05) is 24.8 Å². The van der Waals surface area contributed by atoms with Crippen molar-refractivity contribution >= 4 is 28.9 Å². The average molecular weight is 336 g/mol. The van der Waals surface area contributed by atoms with Crippen LogP contribution in [0.15, 0.2) is 30.3 Å². The smallest absolute Gasteiger partial charge is 0.303 e. The lowest BCUT2D eigenvalue weighted by atomic mass is 10.0. The molecule has 124 valence electrons. The van der Waals surface area contributed by atoms with Crippen molar-refractivity contribution < 1.29 is 19.5 Å². The van der Waals surface area contributed by atoms with E-state index in [2.05, 4.69) is 5.32 Å². The minimum Gasteiger partial charge on any atom is -0.481 e. The SMILES string of the molecule is O=C(O)CCC(Cc1ccccc1)NC(=O)CN1CCSC1=O. The molecule has 1 unspecified atom stereocenters. The van der Waals surface area contributed by atoms with Gasteiger partial charge >= 0.3 is 5.97 Å². The van der Waals surface area contributed by atoms with Crippen molar-refractivity contribution in [2.45, 2.75) is 25.3 Å². The van der Waals surface area contributed by atoms with Gasteiger partial charge in [-0.25, -0.2) is 0 Å². The number of carbonyl (C=O) groups is 3. The first-order chi connectivity index (χ1) is 11.0. The Kier molecular flexibility index (Phi) is 6.46. The molecule has 0 aromatic heterocycles. The monoisotopic (exact) mass is 336 g/mol. The van der Waals surface area contributed by atoms with Crippen LogP contribution in [0.3, 0.4) is 0 Å². The fraction of sp³-hybridized carbons (Fsp3) is 0.438. The number of aliphatic carboxylic acids is 1. The molecule has 1 atom stereocenters. The zero-order chi connectivity index (χ0) is 16.7. The lowest BCUT2D eigenvalue weighted by Crippen LogP contribution is -2.43. The van der Waals surface area contributed by atoms with Crippen LogP contribution in [0.4, 0.5) is 4.79 Å². The van der Waals surface area contributed by atoms with Crippen molar-refractivity contribution in [3.63, 3.8) is 0 Å². The molecule has 2 amide bonds. The third kappa shape index (κ3) is 5.94. The number of rotatable bonds is 8. The number of thioether (sulfide) groups is 1. The van der Waals surface area contributed by atoms with E-state index in [0.717, 1.165) is 5.56 Å². The summed E-state index contributed by atoms with van der Waals surface area (Å²) in [6, 6.07) is 9.36. The van der Waals surface area contributed by atoms with Gasteiger partial charge in [0.15, 0.2) is 0 Å². The maximum atomic E-state index is 12.1. The summed E-state index contributed by atoms with van der Waals surface area (Å²) in [5.74, 6) is -0.422. The number of benzene rings is 1. The minimum absolute atomic E-state index is 0.00369. The van der Waals surface area contributed by atoms with Crippen molar-refractivity contribution in [1.82, 2.24) is 10.2 Å². The summed E-state index contributed by atoms with van der Waals surface area (Å²) in [7, 11) is 0. The summed E-state index contributed by atoms with van der Waals surface area (Å²) in [5.41, 5.74) is 1.04. The Hall–Kier alpha value is -2.02. The molecule has 1 fully saturated rings. The lowest BCUT2D eigenvalue weighted by molar-refractivity contribution is -0.137. The van der Waals surface area contributed by atoms with Crippen LogP contribution in [0.5, 0.6) is 0 Å². The lowest BCUT2D eigenvalue weighted by Gasteiger charge is -2.20. The van der Waals surface area contributed by atoms with E-state index in [1.165, 1.54) is 16.7 Å². The standard InChI is InChI=1S/C16H20N2O4S/c19-14(11-18-8-9-23-16(18)22)17-13(6-7-15(20)21)10-12-4-2-1-3-5-12/h1-5,13H,6-11H2,(H,17,19)(H,20,21). The van der Waals surface area contributed by atoms with Crippen molar-refractivity contribution in [2.24, 2.45) is 0 Å². The largest absolute Gasteiger partial charge is 0.481 e. The second kappa shape index (κ2) is 8.57. The predicted octanol–water partition coefficient (Wildman–Crippen LogP) is 1.75. The average Bonchev–Trinajstić information content (AvgIpc) is 2.91. The molecule has 0 spiro atoms. The minimum atomic E-state index is -0.886. The summed E-state index contributed by atoms with van der Waals surface area (Å²) in [6.45, 7) is 0.611. The highest BCUT2D eigenvalue weighted by Gasteiger charge is 2.24. The van der Waals surface area contributed by atoms with Gasteiger partial charge in [-0.05, 0) is 18.4 Å². The Bertz CT molecular complexity index is 564. The molecule has 1 aliphatic heterocycles. The van der Waals surface area contributed by atoms with Crippen LogP contribution in [-0.2, 0) is 16.0 Å².